The van der Waals surface area contributed by atoms with E-state index in [1.165, 1.54) is 12.1 Å². The Labute approximate surface area is 117 Å². The average molecular weight is 295 g/mol. The molecule has 2 rings (SSSR count). The first kappa shape index (κ1) is 14.6. The van der Waals surface area contributed by atoms with Crippen LogP contribution in [0.4, 0.5) is 0 Å². The molecule has 4 N–H and O–H groups in total. The lowest BCUT2D eigenvalue weighted by Crippen LogP contribution is -2.12. The minimum absolute atomic E-state index is 0.0595. The predicted octanol–water partition coefficient (Wildman–Crippen LogP) is 0.715. The van der Waals surface area contributed by atoms with Crippen molar-refractivity contribution < 1.29 is 8.42 Å². The molecule has 2 aromatic rings. The lowest BCUT2D eigenvalue weighted by molar-refractivity contribution is 0.597. The Morgan fingerprint density at radius 1 is 1.30 bits per heavy atom. The van der Waals surface area contributed by atoms with Crippen LogP contribution in [-0.4, -0.2) is 23.4 Å². The SMILES string of the molecule is CCCC(N)c1cn(-c2ccc(S(N)(=O)=O)cc2)nn1. The molecule has 0 amide bonds. The molecule has 0 fully saturated rings. The molecule has 7 nitrogen and oxygen atoms in total. The summed E-state index contributed by atoms with van der Waals surface area (Å²) in [6, 6.07) is 5.95. The normalized spacial score (nSPS) is 13.3. The van der Waals surface area contributed by atoms with Crippen LogP contribution in [0, 0.1) is 0 Å². The molecule has 1 aromatic heterocycles. The summed E-state index contributed by atoms with van der Waals surface area (Å²) in [6.45, 7) is 2.05. The standard InChI is InChI=1S/C12H17N5O2S/c1-2-3-11(13)12-8-17(16-15-12)9-4-6-10(7-5-9)20(14,18)19/h4-8,11H,2-3,13H2,1H3,(H2,14,18,19). The first-order valence-corrected chi connectivity index (χ1v) is 7.77. The molecule has 0 saturated carbocycles. The van der Waals surface area contributed by atoms with Gasteiger partial charge in [0.05, 0.1) is 28.5 Å². The van der Waals surface area contributed by atoms with E-state index in [0.29, 0.717) is 11.4 Å². The summed E-state index contributed by atoms with van der Waals surface area (Å²) in [6.07, 6.45) is 3.55. The van der Waals surface area contributed by atoms with Crippen molar-refractivity contribution in [1.82, 2.24) is 15.0 Å². The van der Waals surface area contributed by atoms with E-state index in [9.17, 15) is 8.42 Å². The fourth-order valence-electron chi connectivity index (χ4n) is 1.82. The number of primary sulfonamides is 1. The van der Waals surface area contributed by atoms with Crippen LogP contribution in [-0.2, 0) is 10.0 Å². The van der Waals surface area contributed by atoms with Gasteiger partial charge in [-0.25, -0.2) is 18.2 Å². The summed E-state index contributed by atoms with van der Waals surface area (Å²) in [5.74, 6) is 0. The van der Waals surface area contributed by atoms with Crippen LogP contribution >= 0.6 is 0 Å². The first-order chi connectivity index (χ1) is 9.41. The zero-order valence-corrected chi connectivity index (χ0v) is 11.9. The summed E-state index contributed by atoms with van der Waals surface area (Å²) in [7, 11) is -3.68. The van der Waals surface area contributed by atoms with Crippen LogP contribution in [0.3, 0.4) is 0 Å². The third-order valence-electron chi connectivity index (χ3n) is 2.92. The van der Waals surface area contributed by atoms with Gasteiger partial charge in [-0.05, 0) is 30.7 Å². The Balaban J connectivity index is 2.24. The second-order valence-electron chi connectivity index (χ2n) is 4.52. The summed E-state index contributed by atoms with van der Waals surface area (Å²) >= 11 is 0. The van der Waals surface area contributed by atoms with Gasteiger partial charge in [0.1, 0.15) is 0 Å². The maximum atomic E-state index is 11.2. The minimum atomic E-state index is -3.68. The van der Waals surface area contributed by atoms with Crippen molar-refractivity contribution in [3.05, 3.63) is 36.2 Å². The molecule has 0 aliphatic rings. The molecule has 1 unspecified atom stereocenters. The number of benzene rings is 1. The molecule has 1 atom stereocenters. The van der Waals surface area contributed by atoms with Crippen LogP contribution in [0.1, 0.15) is 31.5 Å². The van der Waals surface area contributed by atoms with Gasteiger partial charge in [-0.15, -0.1) is 5.10 Å². The highest BCUT2D eigenvalue weighted by Gasteiger charge is 2.11. The number of nitrogens with zero attached hydrogens (tertiary/aromatic N) is 3. The highest BCUT2D eigenvalue weighted by Crippen LogP contribution is 2.16. The zero-order valence-electron chi connectivity index (χ0n) is 11.1. The number of aromatic nitrogens is 3. The molecule has 20 heavy (non-hydrogen) atoms. The molecule has 0 saturated heterocycles. The van der Waals surface area contributed by atoms with Crippen molar-refractivity contribution in [2.75, 3.05) is 0 Å². The van der Waals surface area contributed by atoms with Gasteiger partial charge in [-0.3, -0.25) is 0 Å². The molecule has 0 radical (unpaired) electrons. The van der Waals surface area contributed by atoms with Gasteiger partial charge in [0.15, 0.2) is 0 Å². The first-order valence-electron chi connectivity index (χ1n) is 6.23. The Bertz CT molecular complexity index is 678. The van der Waals surface area contributed by atoms with E-state index >= 15 is 0 Å². The van der Waals surface area contributed by atoms with Crippen LogP contribution < -0.4 is 10.9 Å². The quantitative estimate of drug-likeness (QED) is 0.842. The van der Waals surface area contributed by atoms with Crippen molar-refractivity contribution in [3.8, 4) is 5.69 Å². The highest BCUT2D eigenvalue weighted by molar-refractivity contribution is 7.89. The number of sulfonamides is 1. The Hall–Kier alpha value is -1.77. The zero-order chi connectivity index (χ0) is 14.8. The van der Waals surface area contributed by atoms with Crippen LogP contribution in [0.2, 0.25) is 0 Å². The topological polar surface area (TPSA) is 117 Å². The molecule has 108 valence electrons. The van der Waals surface area contributed by atoms with Crippen LogP contribution in [0.15, 0.2) is 35.4 Å². The molecular weight excluding hydrogens is 278 g/mol. The number of rotatable bonds is 5. The van der Waals surface area contributed by atoms with Crippen molar-refractivity contribution in [2.24, 2.45) is 10.9 Å². The summed E-state index contributed by atoms with van der Waals surface area (Å²) < 4.78 is 23.9. The fraction of sp³-hybridized carbons (Fsp3) is 0.333. The van der Waals surface area contributed by atoms with Gasteiger partial charge in [0.2, 0.25) is 10.0 Å². The van der Waals surface area contributed by atoms with E-state index in [2.05, 4.69) is 17.2 Å². The molecule has 0 bridgehead atoms. The summed E-state index contributed by atoms with van der Waals surface area (Å²) in [5.41, 5.74) is 7.37. The third-order valence-corrected chi connectivity index (χ3v) is 3.85. The third kappa shape index (κ3) is 3.21. The van der Waals surface area contributed by atoms with E-state index in [0.717, 1.165) is 12.8 Å². The van der Waals surface area contributed by atoms with Gasteiger partial charge in [0, 0.05) is 0 Å². The largest absolute Gasteiger partial charge is 0.323 e. The monoisotopic (exact) mass is 295 g/mol. The molecule has 1 heterocycles. The predicted molar refractivity (Wildman–Crippen MR) is 74.6 cm³/mol. The van der Waals surface area contributed by atoms with Gasteiger partial charge in [-0.2, -0.15) is 0 Å². The number of nitrogens with two attached hydrogens (primary N) is 2. The summed E-state index contributed by atoms with van der Waals surface area (Å²) in [5, 5.41) is 13.1. The van der Waals surface area contributed by atoms with Gasteiger partial charge in [-0.1, -0.05) is 18.6 Å². The number of hydrogen-bond acceptors (Lipinski definition) is 5. The Morgan fingerprint density at radius 3 is 2.50 bits per heavy atom. The van der Waals surface area contributed by atoms with Gasteiger partial charge < -0.3 is 5.73 Å². The van der Waals surface area contributed by atoms with Crippen molar-refractivity contribution in [1.29, 1.82) is 0 Å². The average Bonchev–Trinajstić information content (AvgIpc) is 2.88. The minimum Gasteiger partial charge on any atom is -0.323 e. The van der Waals surface area contributed by atoms with E-state index in [4.69, 9.17) is 10.9 Å². The van der Waals surface area contributed by atoms with Crippen LogP contribution in [0.5, 0.6) is 0 Å². The second-order valence-corrected chi connectivity index (χ2v) is 6.08. The lowest BCUT2D eigenvalue weighted by atomic mass is 10.1. The van der Waals surface area contributed by atoms with Crippen LogP contribution in [0.25, 0.3) is 5.69 Å². The van der Waals surface area contributed by atoms with E-state index in [1.54, 1.807) is 23.0 Å². The smallest absolute Gasteiger partial charge is 0.238 e. The lowest BCUT2D eigenvalue weighted by Gasteiger charge is -2.04. The van der Waals surface area contributed by atoms with E-state index in [-0.39, 0.29) is 10.9 Å². The highest BCUT2D eigenvalue weighted by atomic mass is 32.2. The van der Waals surface area contributed by atoms with Crippen molar-refractivity contribution in [3.63, 3.8) is 0 Å². The maximum absolute atomic E-state index is 11.2. The Kier molecular flexibility index (Phi) is 4.17. The molecule has 8 heteroatoms. The fourth-order valence-corrected chi connectivity index (χ4v) is 2.34. The van der Waals surface area contributed by atoms with E-state index < -0.39 is 10.0 Å². The maximum Gasteiger partial charge on any atom is 0.238 e. The Morgan fingerprint density at radius 2 is 1.95 bits per heavy atom. The second kappa shape index (κ2) is 5.70. The van der Waals surface area contributed by atoms with Crippen molar-refractivity contribution >= 4 is 10.0 Å². The van der Waals surface area contributed by atoms with E-state index in [1.807, 2.05) is 0 Å². The summed E-state index contributed by atoms with van der Waals surface area (Å²) in [4.78, 5) is 0.0595. The van der Waals surface area contributed by atoms with Crippen molar-refractivity contribution in [2.45, 2.75) is 30.7 Å². The molecule has 0 aliphatic carbocycles. The molecule has 1 aromatic carbocycles. The number of hydrogen-bond donors (Lipinski definition) is 2. The van der Waals surface area contributed by atoms with Gasteiger partial charge >= 0.3 is 0 Å². The molecule has 0 spiro atoms. The molecule has 0 aliphatic heterocycles. The van der Waals surface area contributed by atoms with Gasteiger partial charge in [0.25, 0.3) is 0 Å². The molecular formula is C12H17N5O2S.